The number of anilines is 2. The van der Waals surface area contributed by atoms with Crippen LogP contribution in [0.2, 0.25) is 0 Å². The van der Waals surface area contributed by atoms with Gasteiger partial charge in [-0.1, -0.05) is 6.07 Å². The van der Waals surface area contributed by atoms with Gasteiger partial charge in [-0.15, -0.1) is 11.3 Å². The van der Waals surface area contributed by atoms with Crippen molar-refractivity contribution in [3.8, 4) is 0 Å². The maximum Gasteiger partial charge on any atom is 0.228 e. The van der Waals surface area contributed by atoms with E-state index in [9.17, 15) is 4.79 Å². The second kappa shape index (κ2) is 6.57. The Morgan fingerprint density at radius 3 is 2.54 bits per heavy atom. The van der Waals surface area contributed by atoms with Gasteiger partial charge in [0.05, 0.1) is 0 Å². The molecule has 2 heterocycles. The SMILES string of the molecule is CN1CCN(c2ccc(NC(=O)C3CC3c3cccs3)cc2)CC1. The van der Waals surface area contributed by atoms with Gasteiger partial charge in [0.1, 0.15) is 0 Å². The fraction of sp³-hybridized carbons (Fsp3) is 0.421. The van der Waals surface area contributed by atoms with E-state index in [-0.39, 0.29) is 11.8 Å². The fourth-order valence-electron chi connectivity index (χ4n) is 3.36. The molecular formula is C19H23N3OS. The average molecular weight is 341 g/mol. The quantitative estimate of drug-likeness (QED) is 0.927. The van der Waals surface area contributed by atoms with Crippen LogP contribution in [0.5, 0.6) is 0 Å². The average Bonchev–Trinajstić information content (AvgIpc) is 3.22. The molecule has 2 unspecified atom stereocenters. The first-order valence-electron chi connectivity index (χ1n) is 8.58. The highest BCUT2D eigenvalue weighted by Gasteiger charge is 2.44. The van der Waals surface area contributed by atoms with Gasteiger partial charge in [-0.25, -0.2) is 0 Å². The summed E-state index contributed by atoms with van der Waals surface area (Å²) in [6.45, 7) is 4.33. The fourth-order valence-corrected chi connectivity index (χ4v) is 4.26. The van der Waals surface area contributed by atoms with Crippen LogP contribution in [0.3, 0.4) is 0 Å². The van der Waals surface area contributed by atoms with Crippen molar-refractivity contribution < 1.29 is 4.79 Å². The zero-order valence-electron chi connectivity index (χ0n) is 13.9. The van der Waals surface area contributed by atoms with Crippen molar-refractivity contribution in [2.24, 2.45) is 5.92 Å². The van der Waals surface area contributed by atoms with Crippen LogP contribution in [-0.2, 0) is 4.79 Å². The lowest BCUT2D eigenvalue weighted by atomic mass is 10.2. The van der Waals surface area contributed by atoms with E-state index in [4.69, 9.17) is 0 Å². The van der Waals surface area contributed by atoms with E-state index in [2.05, 4.69) is 51.8 Å². The summed E-state index contributed by atoms with van der Waals surface area (Å²) in [6.07, 6.45) is 0.978. The first kappa shape index (κ1) is 15.7. The van der Waals surface area contributed by atoms with Crippen molar-refractivity contribution in [2.75, 3.05) is 43.4 Å². The molecule has 2 atom stereocenters. The van der Waals surface area contributed by atoms with Crippen LogP contribution in [0.1, 0.15) is 17.2 Å². The number of carbonyl (C=O) groups excluding carboxylic acids is 1. The Kier molecular flexibility index (Phi) is 4.29. The third kappa shape index (κ3) is 3.32. The van der Waals surface area contributed by atoms with Crippen LogP contribution in [-0.4, -0.2) is 44.0 Å². The molecule has 1 aliphatic heterocycles. The normalized spacial score (nSPS) is 24.0. The predicted molar refractivity (Wildman–Crippen MR) is 99.9 cm³/mol. The maximum atomic E-state index is 12.4. The van der Waals surface area contributed by atoms with Crippen LogP contribution < -0.4 is 10.2 Å². The predicted octanol–water partition coefficient (Wildman–Crippen LogP) is 3.24. The molecule has 1 aliphatic carbocycles. The Bertz CT molecular complexity index is 690. The van der Waals surface area contributed by atoms with Gasteiger partial charge >= 0.3 is 0 Å². The summed E-state index contributed by atoms with van der Waals surface area (Å²) >= 11 is 1.75. The second-order valence-electron chi connectivity index (χ2n) is 6.79. The van der Waals surface area contributed by atoms with Crippen LogP contribution in [0.4, 0.5) is 11.4 Å². The molecule has 4 nitrogen and oxygen atoms in total. The summed E-state index contributed by atoms with van der Waals surface area (Å²) in [7, 11) is 2.16. The van der Waals surface area contributed by atoms with E-state index in [0.717, 1.165) is 38.3 Å². The van der Waals surface area contributed by atoms with Crippen molar-refractivity contribution in [3.63, 3.8) is 0 Å². The smallest absolute Gasteiger partial charge is 0.228 e. The molecule has 0 spiro atoms. The largest absolute Gasteiger partial charge is 0.369 e. The zero-order chi connectivity index (χ0) is 16.5. The number of amides is 1. The molecule has 1 aromatic carbocycles. The number of carbonyl (C=O) groups is 1. The molecule has 126 valence electrons. The van der Waals surface area contributed by atoms with E-state index >= 15 is 0 Å². The van der Waals surface area contributed by atoms with Gasteiger partial charge in [0.25, 0.3) is 0 Å². The van der Waals surface area contributed by atoms with Gasteiger partial charge in [0, 0.05) is 54.3 Å². The number of rotatable bonds is 4. The monoisotopic (exact) mass is 341 g/mol. The second-order valence-corrected chi connectivity index (χ2v) is 7.77. The highest BCUT2D eigenvalue weighted by molar-refractivity contribution is 7.10. The third-order valence-corrected chi connectivity index (χ3v) is 6.04. The Labute approximate surface area is 147 Å². The topological polar surface area (TPSA) is 35.6 Å². The number of benzene rings is 1. The van der Waals surface area contributed by atoms with E-state index in [1.54, 1.807) is 11.3 Å². The van der Waals surface area contributed by atoms with Crippen molar-refractivity contribution in [1.29, 1.82) is 0 Å². The molecular weight excluding hydrogens is 318 g/mol. The van der Waals surface area contributed by atoms with Gasteiger partial charge in [-0.05, 0) is 49.2 Å². The molecule has 1 amide bonds. The Morgan fingerprint density at radius 1 is 1.12 bits per heavy atom. The van der Waals surface area contributed by atoms with Gasteiger partial charge < -0.3 is 15.1 Å². The minimum atomic E-state index is 0.140. The lowest BCUT2D eigenvalue weighted by Crippen LogP contribution is -2.44. The molecule has 24 heavy (non-hydrogen) atoms. The Morgan fingerprint density at radius 2 is 1.88 bits per heavy atom. The van der Waals surface area contributed by atoms with Crippen molar-refractivity contribution in [2.45, 2.75) is 12.3 Å². The molecule has 1 saturated carbocycles. The van der Waals surface area contributed by atoms with Crippen molar-refractivity contribution in [1.82, 2.24) is 4.90 Å². The zero-order valence-corrected chi connectivity index (χ0v) is 14.8. The summed E-state index contributed by atoms with van der Waals surface area (Å²) in [4.78, 5) is 18.5. The number of nitrogens with zero attached hydrogens (tertiary/aromatic N) is 2. The number of nitrogens with one attached hydrogen (secondary N) is 1. The van der Waals surface area contributed by atoms with Crippen LogP contribution in [0, 0.1) is 5.92 Å². The molecule has 4 rings (SSSR count). The molecule has 2 fully saturated rings. The summed E-state index contributed by atoms with van der Waals surface area (Å²) in [6, 6.07) is 12.5. The standard InChI is InChI=1S/C19H23N3OS/c1-21-8-10-22(11-9-21)15-6-4-14(5-7-15)20-19(23)17-13-16(17)18-3-2-12-24-18/h2-7,12,16-17H,8-11,13H2,1H3,(H,20,23). The summed E-state index contributed by atoms with van der Waals surface area (Å²) in [5.74, 6) is 0.719. The van der Waals surface area contributed by atoms with Crippen molar-refractivity contribution >= 4 is 28.6 Å². The van der Waals surface area contributed by atoms with Crippen LogP contribution in [0.25, 0.3) is 0 Å². The Balaban J connectivity index is 1.33. The molecule has 1 aromatic heterocycles. The van der Waals surface area contributed by atoms with E-state index in [1.165, 1.54) is 10.6 Å². The summed E-state index contributed by atoms with van der Waals surface area (Å²) in [5.41, 5.74) is 2.14. The maximum absolute atomic E-state index is 12.4. The molecule has 0 bridgehead atoms. The summed E-state index contributed by atoms with van der Waals surface area (Å²) < 4.78 is 0. The lowest BCUT2D eigenvalue weighted by Gasteiger charge is -2.34. The highest BCUT2D eigenvalue weighted by Crippen LogP contribution is 2.49. The van der Waals surface area contributed by atoms with Crippen LogP contribution >= 0.6 is 11.3 Å². The van der Waals surface area contributed by atoms with Gasteiger partial charge in [-0.3, -0.25) is 4.79 Å². The number of piperazine rings is 1. The number of likely N-dealkylation sites (N-methyl/N-ethyl adjacent to an activating group) is 1. The number of thiophene rings is 1. The minimum Gasteiger partial charge on any atom is -0.369 e. The lowest BCUT2D eigenvalue weighted by molar-refractivity contribution is -0.117. The Hall–Kier alpha value is -1.85. The number of hydrogen-bond donors (Lipinski definition) is 1. The van der Waals surface area contributed by atoms with E-state index < -0.39 is 0 Å². The molecule has 1 N–H and O–H groups in total. The van der Waals surface area contributed by atoms with Gasteiger partial charge in [0.15, 0.2) is 0 Å². The van der Waals surface area contributed by atoms with Crippen LogP contribution in [0.15, 0.2) is 41.8 Å². The first-order chi connectivity index (χ1) is 11.7. The highest BCUT2D eigenvalue weighted by atomic mass is 32.1. The van der Waals surface area contributed by atoms with Gasteiger partial charge in [0.2, 0.25) is 5.91 Å². The minimum absolute atomic E-state index is 0.140. The van der Waals surface area contributed by atoms with Crippen molar-refractivity contribution in [3.05, 3.63) is 46.7 Å². The van der Waals surface area contributed by atoms with E-state index in [0.29, 0.717) is 5.92 Å². The number of hydrogen-bond acceptors (Lipinski definition) is 4. The third-order valence-electron chi connectivity index (χ3n) is 5.04. The molecule has 2 aliphatic rings. The summed E-state index contributed by atoms with van der Waals surface area (Å²) in [5, 5.41) is 5.15. The first-order valence-corrected chi connectivity index (χ1v) is 9.46. The molecule has 5 heteroatoms. The molecule has 2 aromatic rings. The molecule has 1 saturated heterocycles. The molecule has 0 radical (unpaired) electrons. The van der Waals surface area contributed by atoms with Gasteiger partial charge in [-0.2, -0.15) is 0 Å². The van der Waals surface area contributed by atoms with E-state index in [1.807, 2.05) is 12.1 Å².